The average molecular weight is 253 g/mol. The second kappa shape index (κ2) is 6.53. The minimum atomic E-state index is 0.201. The molecule has 3 atom stereocenters. The standard InChI is InChI=1S/C14H27N3O/c1-17-7-6-11(10-17)9-16-14(18)8-12-4-2-3-5-13(12)15/h11-13H,2-10,15H2,1H3,(H,16,18). The van der Waals surface area contributed by atoms with Crippen molar-refractivity contribution in [2.24, 2.45) is 17.6 Å². The Bertz CT molecular complexity index is 282. The van der Waals surface area contributed by atoms with E-state index in [4.69, 9.17) is 5.73 Å². The van der Waals surface area contributed by atoms with Gasteiger partial charge in [0, 0.05) is 25.6 Å². The number of carbonyl (C=O) groups is 1. The van der Waals surface area contributed by atoms with Gasteiger partial charge in [-0.1, -0.05) is 12.8 Å². The van der Waals surface area contributed by atoms with Gasteiger partial charge in [-0.25, -0.2) is 0 Å². The van der Waals surface area contributed by atoms with Gasteiger partial charge in [0.1, 0.15) is 0 Å². The van der Waals surface area contributed by atoms with Crippen LogP contribution in [0.3, 0.4) is 0 Å². The van der Waals surface area contributed by atoms with Gasteiger partial charge in [0.25, 0.3) is 0 Å². The summed E-state index contributed by atoms with van der Waals surface area (Å²) in [5.74, 6) is 1.25. The van der Waals surface area contributed by atoms with E-state index >= 15 is 0 Å². The molecule has 0 aromatic rings. The van der Waals surface area contributed by atoms with E-state index in [9.17, 15) is 4.79 Å². The van der Waals surface area contributed by atoms with E-state index in [0.29, 0.717) is 18.3 Å². The van der Waals surface area contributed by atoms with Crippen molar-refractivity contribution in [3.05, 3.63) is 0 Å². The lowest BCUT2D eigenvalue weighted by atomic mass is 9.83. The van der Waals surface area contributed by atoms with Crippen molar-refractivity contribution in [1.29, 1.82) is 0 Å². The summed E-state index contributed by atoms with van der Waals surface area (Å²) in [4.78, 5) is 14.2. The van der Waals surface area contributed by atoms with Gasteiger partial charge in [-0.15, -0.1) is 0 Å². The monoisotopic (exact) mass is 253 g/mol. The molecule has 2 fully saturated rings. The molecule has 1 saturated carbocycles. The molecule has 1 heterocycles. The maximum absolute atomic E-state index is 11.9. The molecule has 18 heavy (non-hydrogen) atoms. The van der Waals surface area contributed by atoms with Crippen LogP contribution in [0.15, 0.2) is 0 Å². The van der Waals surface area contributed by atoms with E-state index in [1.54, 1.807) is 0 Å². The molecule has 1 aliphatic heterocycles. The van der Waals surface area contributed by atoms with Crippen molar-refractivity contribution in [2.75, 3.05) is 26.7 Å². The molecule has 0 bridgehead atoms. The molecule has 3 unspecified atom stereocenters. The van der Waals surface area contributed by atoms with E-state index in [0.717, 1.165) is 32.5 Å². The van der Waals surface area contributed by atoms with Gasteiger partial charge in [-0.05, 0) is 44.7 Å². The molecule has 0 aromatic heterocycles. The Morgan fingerprint density at radius 3 is 2.78 bits per heavy atom. The molecule has 1 amide bonds. The number of hydrogen-bond donors (Lipinski definition) is 2. The Labute approximate surface area is 110 Å². The fourth-order valence-corrected chi connectivity index (χ4v) is 3.25. The normalized spacial score (nSPS) is 33.6. The van der Waals surface area contributed by atoms with Crippen molar-refractivity contribution in [1.82, 2.24) is 10.2 Å². The number of carbonyl (C=O) groups excluding carboxylic acids is 1. The second-order valence-electron chi connectivity index (χ2n) is 6.13. The summed E-state index contributed by atoms with van der Waals surface area (Å²) in [6, 6.07) is 0.238. The van der Waals surface area contributed by atoms with Crippen LogP contribution in [-0.2, 0) is 4.79 Å². The lowest BCUT2D eigenvalue weighted by molar-refractivity contribution is -0.122. The average Bonchev–Trinajstić information content (AvgIpc) is 2.76. The summed E-state index contributed by atoms with van der Waals surface area (Å²) in [6.45, 7) is 3.11. The van der Waals surface area contributed by atoms with Crippen LogP contribution < -0.4 is 11.1 Å². The van der Waals surface area contributed by atoms with Crippen molar-refractivity contribution in [2.45, 2.75) is 44.6 Å². The van der Waals surface area contributed by atoms with Crippen LogP contribution in [0.4, 0.5) is 0 Å². The number of nitrogens with zero attached hydrogens (tertiary/aromatic N) is 1. The Morgan fingerprint density at radius 2 is 2.11 bits per heavy atom. The zero-order valence-corrected chi connectivity index (χ0v) is 11.5. The lowest BCUT2D eigenvalue weighted by Gasteiger charge is -2.28. The molecule has 2 rings (SSSR count). The summed E-state index contributed by atoms with van der Waals surface area (Å²) >= 11 is 0. The fourth-order valence-electron chi connectivity index (χ4n) is 3.25. The predicted molar refractivity (Wildman–Crippen MR) is 73.2 cm³/mol. The predicted octanol–water partition coefficient (Wildman–Crippen LogP) is 0.962. The molecule has 4 nitrogen and oxygen atoms in total. The van der Waals surface area contributed by atoms with Gasteiger partial charge in [0.15, 0.2) is 0 Å². The van der Waals surface area contributed by atoms with Crippen LogP contribution >= 0.6 is 0 Å². The van der Waals surface area contributed by atoms with Gasteiger partial charge in [0.2, 0.25) is 5.91 Å². The summed E-state index contributed by atoms with van der Waals surface area (Å²) in [6.07, 6.45) is 6.52. The highest BCUT2D eigenvalue weighted by atomic mass is 16.1. The van der Waals surface area contributed by atoms with Crippen LogP contribution in [0, 0.1) is 11.8 Å². The smallest absolute Gasteiger partial charge is 0.220 e. The highest BCUT2D eigenvalue weighted by Gasteiger charge is 2.25. The minimum absolute atomic E-state index is 0.201. The Kier molecular flexibility index (Phi) is 5.01. The fraction of sp³-hybridized carbons (Fsp3) is 0.929. The molecule has 104 valence electrons. The lowest BCUT2D eigenvalue weighted by Crippen LogP contribution is -2.38. The summed E-state index contributed by atoms with van der Waals surface area (Å²) < 4.78 is 0. The van der Waals surface area contributed by atoms with E-state index < -0.39 is 0 Å². The molecular formula is C14H27N3O. The third-order valence-corrected chi connectivity index (χ3v) is 4.49. The van der Waals surface area contributed by atoms with Crippen LogP contribution in [-0.4, -0.2) is 43.5 Å². The Hall–Kier alpha value is -0.610. The third kappa shape index (κ3) is 3.95. The molecule has 4 heteroatoms. The number of nitrogens with one attached hydrogen (secondary N) is 1. The minimum Gasteiger partial charge on any atom is -0.356 e. The second-order valence-corrected chi connectivity index (χ2v) is 6.13. The first-order valence-corrected chi connectivity index (χ1v) is 7.36. The number of amides is 1. The molecule has 1 aliphatic carbocycles. The van der Waals surface area contributed by atoms with Crippen LogP contribution in [0.25, 0.3) is 0 Å². The van der Waals surface area contributed by atoms with E-state index in [2.05, 4.69) is 17.3 Å². The van der Waals surface area contributed by atoms with E-state index in [-0.39, 0.29) is 11.9 Å². The summed E-state index contributed by atoms with van der Waals surface area (Å²) in [5, 5.41) is 3.09. The molecule has 2 aliphatic rings. The van der Waals surface area contributed by atoms with Gasteiger partial charge in [-0.3, -0.25) is 4.79 Å². The quantitative estimate of drug-likeness (QED) is 0.784. The zero-order valence-electron chi connectivity index (χ0n) is 11.5. The largest absolute Gasteiger partial charge is 0.356 e. The molecular weight excluding hydrogens is 226 g/mol. The maximum Gasteiger partial charge on any atom is 0.220 e. The SMILES string of the molecule is CN1CCC(CNC(=O)CC2CCCCC2N)C1. The number of hydrogen-bond acceptors (Lipinski definition) is 3. The van der Waals surface area contributed by atoms with E-state index in [1.807, 2.05) is 0 Å². The number of likely N-dealkylation sites (tertiary alicyclic amines) is 1. The summed E-state index contributed by atoms with van der Waals surface area (Å²) in [7, 11) is 2.14. The van der Waals surface area contributed by atoms with Crippen LogP contribution in [0.1, 0.15) is 38.5 Å². The van der Waals surface area contributed by atoms with Crippen LogP contribution in [0.5, 0.6) is 0 Å². The zero-order chi connectivity index (χ0) is 13.0. The Morgan fingerprint density at radius 1 is 1.33 bits per heavy atom. The maximum atomic E-state index is 11.9. The first kappa shape index (κ1) is 13.8. The van der Waals surface area contributed by atoms with Gasteiger partial charge in [0.05, 0.1) is 0 Å². The molecule has 0 radical (unpaired) electrons. The van der Waals surface area contributed by atoms with Crippen molar-refractivity contribution in [3.8, 4) is 0 Å². The highest BCUT2D eigenvalue weighted by molar-refractivity contribution is 5.76. The van der Waals surface area contributed by atoms with Crippen molar-refractivity contribution >= 4 is 5.91 Å². The first-order chi connectivity index (χ1) is 8.65. The highest BCUT2D eigenvalue weighted by Crippen LogP contribution is 2.25. The van der Waals surface area contributed by atoms with Gasteiger partial charge >= 0.3 is 0 Å². The molecule has 3 N–H and O–H groups in total. The number of rotatable bonds is 4. The van der Waals surface area contributed by atoms with Gasteiger partial charge in [-0.2, -0.15) is 0 Å². The van der Waals surface area contributed by atoms with E-state index in [1.165, 1.54) is 19.3 Å². The van der Waals surface area contributed by atoms with Gasteiger partial charge < -0.3 is 16.0 Å². The third-order valence-electron chi connectivity index (χ3n) is 4.49. The Balaban J connectivity index is 1.65. The number of nitrogens with two attached hydrogens (primary N) is 1. The molecule has 0 spiro atoms. The summed E-state index contributed by atoms with van der Waals surface area (Å²) in [5.41, 5.74) is 6.08. The molecule has 1 saturated heterocycles. The van der Waals surface area contributed by atoms with Crippen LogP contribution in [0.2, 0.25) is 0 Å². The van der Waals surface area contributed by atoms with Crippen molar-refractivity contribution in [3.63, 3.8) is 0 Å². The molecule has 0 aromatic carbocycles. The topological polar surface area (TPSA) is 58.4 Å². The van der Waals surface area contributed by atoms with Crippen molar-refractivity contribution < 1.29 is 4.79 Å². The first-order valence-electron chi connectivity index (χ1n) is 7.36.